The molecule has 0 heterocycles. The number of hydrogen-bond donors (Lipinski definition) is 1. The Morgan fingerprint density at radius 1 is 0.793 bits per heavy atom. The smallest absolute Gasteiger partial charge is 0.251 e. The second-order valence-corrected chi connectivity index (χ2v) is 9.00. The first-order valence-electron chi connectivity index (χ1n) is 11.9. The van der Waals surface area contributed by atoms with Crippen molar-refractivity contribution in [2.45, 2.75) is 90.9 Å². The lowest BCUT2D eigenvalue weighted by Gasteiger charge is -2.08. The van der Waals surface area contributed by atoms with Gasteiger partial charge in [0, 0.05) is 17.9 Å². The van der Waals surface area contributed by atoms with Crippen LogP contribution in [0.25, 0.3) is 0 Å². The van der Waals surface area contributed by atoms with Crippen LogP contribution < -0.4 is 10.1 Å². The minimum atomic E-state index is 0.00430. The fourth-order valence-corrected chi connectivity index (χ4v) is 4.03. The number of thioether (sulfide) groups is 1. The van der Waals surface area contributed by atoms with Gasteiger partial charge < -0.3 is 10.1 Å². The normalized spacial score (nSPS) is 10.8. The summed E-state index contributed by atoms with van der Waals surface area (Å²) in [6.07, 6.45) is 16.0. The summed E-state index contributed by atoms with van der Waals surface area (Å²) in [7, 11) is 0. The van der Waals surface area contributed by atoms with Crippen LogP contribution in [0.5, 0.6) is 5.75 Å². The molecule has 166 valence electrons. The van der Waals surface area contributed by atoms with Gasteiger partial charge in [0.25, 0.3) is 5.91 Å². The van der Waals surface area contributed by atoms with E-state index >= 15 is 0 Å². The zero-order valence-electron chi connectivity index (χ0n) is 18.8. The van der Waals surface area contributed by atoms with Crippen molar-refractivity contribution in [3.05, 3.63) is 29.8 Å². The number of carbonyl (C=O) groups excluding carboxylic acids is 1. The van der Waals surface area contributed by atoms with Gasteiger partial charge in [-0.15, -0.1) is 0 Å². The molecule has 0 spiro atoms. The molecule has 1 aromatic carbocycles. The molecule has 1 N–H and O–H groups in total. The van der Waals surface area contributed by atoms with Gasteiger partial charge in [-0.25, -0.2) is 0 Å². The lowest BCUT2D eigenvalue weighted by Crippen LogP contribution is -2.25. The molecular weight excluding hydrogens is 378 g/mol. The van der Waals surface area contributed by atoms with E-state index in [9.17, 15) is 4.79 Å². The maximum atomic E-state index is 12.2. The lowest BCUT2D eigenvalue weighted by molar-refractivity contribution is 0.0956. The number of nitrogens with one attached hydrogen (secondary N) is 1. The third kappa shape index (κ3) is 14.5. The molecule has 0 atom stereocenters. The molecule has 1 amide bonds. The largest absolute Gasteiger partial charge is 0.494 e. The molecule has 1 aromatic rings. The van der Waals surface area contributed by atoms with Crippen LogP contribution in [0, 0.1) is 0 Å². The zero-order valence-corrected chi connectivity index (χ0v) is 19.7. The second kappa shape index (κ2) is 18.8. The molecule has 0 aliphatic rings. The highest BCUT2D eigenvalue weighted by Gasteiger charge is 2.05. The van der Waals surface area contributed by atoms with Crippen molar-refractivity contribution in [2.75, 3.05) is 24.7 Å². The van der Waals surface area contributed by atoms with E-state index in [2.05, 4.69) is 19.2 Å². The van der Waals surface area contributed by atoms with Gasteiger partial charge in [0.05, 0.1) is 6.61 Å². The van der Waals surface area contributed by atoms with E-state index in [1.165, 1.54) is 70.0 Å². The molecule has 29 heavy (non-hydrogen) atoms. The van der Waals surface area contributed by atoms with Crippen LogP contribution in [0.15, 0.2) is 24.3 Å². The Bertz CT molecular complexity index is 504. The third-order valence-corrected chi connectivity index (χ3v) is 6.13. The predicted octanol–water partition coefficient (Wildman–Crippen LogP) is 7.25. The maximum Gasteiger partial charge on any atom is 0.251 e. The van der Waals surface area contributed by atoms with Gasteiger partial charge in [-0.1, -0.05) is 78.1 Å². The Morgan fingerprint density at radius 3 is 2.00 bits per heavy atom. The van der Waals surface area contributed by atoms with Crippen LogP contribution >= 0.6 is 11.8 Å². The molecule has 0 bridgehead atoms. The Morgan fingerprint density at radius 2 is 1.38 bits per heavy atom. The molecule has 0 aromatic heterocycles. The van der Waals surface area contributed by atoms with Gasteiger partial charge in [0.15, 0.2) is 0 Å². The monoisotopic (exact) mass is 421 g/mol. The second-order valence-electron chi connectivity index (χ2n) is 7.78. The highest BCUT2D eigenvalue weighted by atomic mass is 32.2. The van der Waals surface area contributed by atoms with Crippen LogP contribution in [0.2, 0.25) is 0 Å². The standard InChI is InChI=1S/C25H43NO2S/c1-3-5-7-8-9-10-11-12-13-14-21-29-22-19-26-25(27)23-15-17-24(18-16-23)28-20-6-4-2/h15-18H,3-14,19-22H2,1-2H3,(H,26,27). The van der Waals surface area contributed by atoms with E-state index in [0.717, 1.165) is 37.5 Å². The number of hydrogen-bond acceptors (Lipinski definition) is 3. The quantitative estimate of drug-likeness (QED) is 0.239. The van der Waals surface area contributed by atoms with Crippen LogP contribution in [0.1, 0.15) is 101 Å². The average Bonchev–Trinajstić information content (AvgIpc) is 2.74. The van der Waals surface area contributed by atoms with E-state index in [1.807, 2.05) is 36.0 Å². The summed E-state index contributed by atoms with van der Waals surface area (Å²) < 4.78 is 5.63. The maximum absolute atomic E-state index is 12.2. The van der Waals surface area contributed by atoms with Gasteiger partial charge in [0.2, 0.25) is 0 Å². The molecule has 3 nitrogen and oxygen atoms in total. The molecule has 0 saturated heterocycles. The van der Waals surface area contributed by atoms with E-state index in [-0.39, 0.29) is 5.91 Å². The predicted molar refractivity (Wildman–Crippen MR) is 128 cm³/mol. The highest BCUT2D eigenvalue weighted by Crippen LogP contribution is 2.14. The number of unbranched alkanes of at least 4 members (excludes halogenated alkanes) is 10. The van der Waals surface area contributed by atoms with E-state index < -0.39 is 0 Å². The van der Waals surface area contributed by atoms with Crippen molar-refractivity contribution in [2.24, 2.45) is 0 Å². The topological polar surface area (TPSA) is 38.3 Å². The summed E-state index contributed by atoms with van der Waals surface area (Å²) in [5.41, 5.74) is 0.701. The summed E-state index contributed by atoms with van der Waals surface area (Å²) in [4.78, 5) is 12.2. The molecule has 0 fully saturated rings. The number of amides is 1. The van der Waals surface area contributed by atoms with Gasteiger partial charge in [0.1, 0.15) is 5.75 Å². The fraction of sp³-hybridized carbons (Fsp3) is 0.720. The molecular formula is C25H43NO2S. The number of ether oxygens (including phenoxy) is 1. The van der Waals surface area contributed by atoms with E-state index in [0.29, 0.717) is 5.56 Å². The summed E-state index contributed by atoms with van der Waals surface area (Å²) >= 11 is 1.95. The Kier molecular flexibility index (Phi) is 16.8. The van der Waals surface area contributed by atoms with Crippen molar-refractivity contribution in [1.82, 2.24) is 5.32 Å². The van der Waals surface area contributed by atoms with Gasteiger partial charge in [-0.05, 0) is 42.9 Å². The van der Waals surface area contributed by atoms with Crippen molar-refractivity contribution < 1.29 is 9.53 Å². The summed E-state index contributed by atoms with van der Waals surface area (Å²) in [5.74, 6) is 3.03. The van der Waals surface area contributed by atoms with Gasteiger partial charge in [-0.3, -0.25) is 4.79 Å². The summed E-state index contributed by atoms with van der Waals surface area (Å²) in [5, 5.41) is 3.01. The van der Waals surface area contributed by atoms with Crippen molar-refractivity contribution in [1.29, 1.82) is 0 Å². The van der Waals surface area contributed by atoms with Crippen molar-refractivity contribution >= 4 is 17.7 Å². The minimum absolute atomic E-state index is 0.00430. The van der Waals surface area contributed by atoms with Crippen LogP contribution in [0.3, 0.4) is 0 Å². The molecule has 1 rings (SSSR count). The van der Waals surface area contributed by atoms with Crippen LogP contribution in [-0.4, -0.2) is 30.6 Å². The van der Waals surface area contributed by atoms with Crippen molar-refractivity contribution in [3.8, 4) is 5.75 Å². The molecule has 0 saturated carbocycles. The fourth-order valence-electron chi connectivity index (χ4n) is 3.17. The molecule has 0 aliphatic heterocycles. The van der Waals surface area contributed by atoms with Crippen molar-refractivity contribution in [3.63, 3.8) is 0 Å². The first-order chi connectivity index (χ1) is 14.3. The molecule has 0 aliphatic carbocycles. The van der Waals surface area contributed by atoms with Gasteiger partial charge >= 0.3 is 0 Å². The first kappa shape index (κ1) is 25.9. The van der Waals surface area contributed by atoms with E-state index in [1.54, 1.807) is 0 Å². The number of carbonyl (C=O) groups is 1. The Hall–Kier alpha value is -1.16. The first-order valence-corrected chi connectivity index (χ1v) is 13.0. The molecule has 0 radical (unpaired) electrons. The number of rotatable bonds is 19. The molecule has 0 unspecified atom stereocenters. The van der Waals surface area contributed by atoms with Crippen LogP contribution in [0.4, 0.5) is 0 Å². The SMILES string of the molecule is CCCCCCCCCCCCSCCNC(=O)c1ccc(OCCCC)cc1. The van der Waals surface area contributed by atoms with Crippen LogP contribution in [-0.2, 0) is 0 Å². The molecule has 4 heteroatoms. The third-order valence-electron chi connectivity index (χ3n) is 5.06. The lowest BCUT2D eigenvalue weighted by atomic mass is 10.1. The Balaban J connectivity index is 1.93. The highest BCUT2D eigenvalue weighted by molar-refractivity contribution is 7.99. The summed E-state index contributed by atoms with van der Waals surface area (Å²) in [6, 6.07) is 7.44. The number of benzene rings is 1. The summed E-state index contributed by atoms with van der Waals surface area (Å²) in [6.45, 7) is 5.89. The minimum Gasteiger partial charge on any atom is -0.494 e. The Labute approximate surface area is 183 Å². The van der Waals surface area contributed by atoms with E-state index in [4.69, 9.17) is 4.74 Å². The zero-order chi connectivity index (χ0) is 21.0. The average molecular weight is 422 g/mol. The van der Waals surface area contributed by atoms with Gasteiger partial charge in [-0.2, -0.15) is 11.8 Å².